The highest BCUT2D eigenvalue weighted by atomic mass is 16.4. The summed E-state index contributed by atoms with van der Waals surface area (Å²) >= 11 is 0. The fourth-order valence-electron chi connectivity index (χ4n) is 1.62. The van der Waals surface area contributed by atoms with Gasteiger partial charge in [-0.15, -0.1) is 0 Å². The number of carboxylic acid groups (broad SMARTS) is 1. The topological polar surface area (TPSA) is 40.5 Å². The molecule has 0 bridgehead atoms. The van der Waals surface area contributed by atoms with Crippen molar-refractivity contribution in [2.45, 2.75) is 38.6 Å². The molecule has 0 spiro atoms. The van der Waals surface area contributed by atoms with Gasteiger partial charge in [0.05, 0.1) is 0 Å². The minimum atomic E-state index is -0.688. The molecule has 1 N–H and O–H groups in total. The maximum absolute atomic E-state index is 10.3. The van der Waals surface area contributed by atoms with Crippen LogP contribution >= 0.6 is 0 Å². The van der Waals surface area contributed by atoms with Gasteiger partial charge in [-0.3, -0.25) is 4.79 Å². The monoisotopic (exact) mass is 185 g/mol. The van der Waals surface area contributed by atoms with Crippen LogP contribution in [-0.2, 0) is 4.79 Å². The van der Waals surface area contributed by atoms with Crippen LogP contribution < -0.4 is 0 Å². The summed E-state index contributed by atoms with van der Waals surface area (Å²) in [6.45, 7) is 3.14. The lowest BCUT2D eigenvalue weighted by molar-refractivity contribution is -0.137. The first kappa shape index (κ1) is 10.5. The van der Waals surface area contributed by atoms with E-state index in [1.54, 1.807) is 0 Å². The van der Waals surface area contributed by atoms with Crippen molar-refractivity contribution >= 4 is 5.97 Å². The summed E-state index contributed by atoms with van der Waals surface area (Å²) in [6.07, 6.45) is 3.76. The molecule has 1 aliphatic carbocycles. The van der Waals surface area contributed by atoms with Gasteiger partial charge >= 0.3 is 5.97 Å². The number of nitrogens with zero attached hydrogens (tertiary/aromatic N) is 1. The van der Waals surface area contributed by atoms with E-state index in [1.165, 1.54) is 12.8 Å². The first-order valence-corrected chi connectivity index (χ1v) is 5.03. The highest BCUT2D eigenvalue weighted by molar-refractivity contribution is 5.66. The Balaban J connectivity index is 2.09. The van der Waals surface area contributed by atoms with Gasteiger partial charge in [0.15, 0.2) is 0 Å². The average Bonchev–Trinajstić information content (AvgIpc) is 2.84. The number of rotatable bonds is 6. The summed E-state index contributed by atoms with van der Waals surface area (Å²) in [5.41, 5.74) is 0. The fraction of sp³-hybridized carbons (Fsp3) is 0.900. The van der Waals surface area contributed by atoms with Crippen LogP contribution in [0.2, 0.25) is 0 Å². The summed E-state index contributed by atoms with van der Waals surface area (Å²) in [5, 5.41) is 8.47. The van der Waals surface area contributed by atoms with Crippen LogP contribution in [0.5, 0.6) is 0 Å². The van der Waals surface area contributed by atoms with Crippen LogP contribution in [0.4, 0.5) is 0 Å². The van der Waals surface area contributed by atoms with Gasteiger partial charge in [0.1, 0.15) is 0 Å². The Bertz CT molecular complexity index is 178. The third-order valence-corrected chi connectivity index (χ3v) is 2.90. The first-order valence-electron chi connectivity index (χ1n) is 5.03. The van der Waals surface area contributed by atoms with Crippen molar-refractivity contribution in [3.8, 4) is 0 Å². The second-order valence-electron chi connectivity index (χ2n) is 4.06. The largest absolute Gasteiger partial charge is 0.481 e. The maximum Gasteiger partial charge on any atom is 0.303 e. The van der Waals surface area contributed by atoms with E-state index in [0.717, 1.165) is 18.9 Å². The number of carboxylic acids is 1. The van der Waals surface area contributed by atoms with Crippen LogP contribution in [0.15, 0.2) is 0 Å². The van der Waals surface area contributed by atoms with Crippen molar-refractivity contribution < 1.29 is 9.90 Å². The molecule has 0 heterocycles. The Labute approximate surface area is 79.7 Å². The number of hydrogen-bond donors (Lipinski definition) is 1. The number of aliphatic carboxylic acids is 1. The molecule has 1 fully saturated rings. The molecule has 0 radical (unpaired) electrons. The van der Waals surface area contributed by atoms with Crippen molar-refractivity contribution in [2.24, 2.45) is 5.92 Å². The third-order valence-electron chi connectivity index (χ3n) is 2.90. The lowest BCUT2D eigenvalue weighted by atomic mass is 10.2. The van der Waals surface area contributed by atoms with Crippen LogP contribution in [-0.4, -0.2) is 35.6 Å². The Hall–Kier alpha value is -0.570. The van der Waals surface area contributed by atoms with E-state index >= 15 is 0 Å². The van der Waals surface area contributed by atoms with Gasteiger partial charge in [-0.2, -0.15) is 0 Å². The molecule has 0 amide bonds. The van der Waals surface area contributed by atoms with E-state index < -0.39 is 5.97 Å². The Kier molecular flexibility index (Phi) is 3.72. The lowest BCUT2D eigenvalue weighted by Crippen LogP contribution is -2.31. The Morgan fingerprint density at radius 2 is 2.23 bits per heavy atom. The Morgan fingerprint density at radius 1 is 1.62 bits per heavy atom. The first-order chi connectivity index (χ1) is 6.11. The smallest absolute Gasteiger partial charge is 0.303 e. The molecule has 1 atom stereocenters. The van der Waals surface area contributed by atoms with Gasteiger partial charge in [-0.1, -0.05) is 0 Å². The van der Waals surface area contributed by atoms with Gasteiger partial charge in [0, 0.05) is 12.5 Å². The quantitative estimate of drug-likeness (QED) is 0.683. The molecule has 1 rings (SSSR count). The van der Waals surface area contributed by atoms with E-state index in [2.05, 4.69) is 18.9 Å². The standard InChI is InChI=1S/C10H19NO2/c1-8(9-5-6-9)11(2)7-3-4-10(12)13/h8-9H,3-7H2,1-2H3,(H,12,13). The average molecular weight is 185 g/mol. The second-order valence-corrected chi connectivity index (χ2v) is 4.06. The van der Waals surface area contributed by atoms with E-state index in [4.69, 9.17) is 5.11 Å². The van der Waals surface area contributed by atoms with Crippen LogP contribution in [0, 0.1) is 5.92 Å². The van der Waals surface area contributed by atoms with Gasteiger partial charge in [0.25, 0.3) is 0 Å². The van der Waals surface area contributed by atoms with Crippen molar-refractivity contribution in [1.29, 1.82) is 0 Å². The van der Waals surface area contributed by atoms with Crippen molar-refractivity contribution in [3.63, 3.8) is 0 Å². The Morgan fingerprint density at radius 3 is 2.69 bits per heavy atom. The van der Waals surface area contributed by atoms with E-state index in [0.29, 0.717) is 12.5 Å². The molecule has 3 heteroatoms. The molecular formula is C10H19NO2. The summed E-state index contributed by atoms with van der Waals surface area (Å²) in [6, 6.07) is 0.633. The summed E-state index contributed by atoms with van der Waals surface area (Å²) < 4.78 is 0. The molecule has 0 saturated heterocycles. The zero-order chi connectivity index (χ0) is 9.84. The molecule has 1 aliphatic rings. The molecule has 3 nitrogen and oxygen atoms in total. The van der Waals surface area contributed by atoms with Crippen molar-refractivity contribution in [1.82, 2.24) is 4.90 Å². The summed E-state index contributed by atoms with van der Waals surface area (Å²) in [5.74, 6) is 0.183. The zero-order valence-corrected chi connectivity index (χ0v) is 8.49. The molecule has 0 aliphatic heterocycles. The molecule has 1 saturated carbocycles. The third kappa shape index (κ3) is 3.77. The van der Waals surface area contributed by atoms with Gasteiger partial charge < -0.3 is 10.0 Å². The van der Waals surface area contributed by atoms with E-state index in [1.807, 2.05) is 0 Å². The highest BCUT2D eigenvalue weighted by Gasteiger charge is 2.29. The van der Waals surface area contributed by atoms with Crippen LogP contribution in [0.3, 0.4) is 0 Å². The SMILES string of the molecule is CC(C1CC1)N(C)CCCC(=O)O. The summed E-state index contributed by atoms with van der Waals surface area (Å²) in [7, 11) is 2.09. The van der Waals surface area contributed by atoms with Crippen LogP contribution in [0.25, 0.3) is 0 Å². The zero-order valence-electron chi connectivity index (χ0n) is 8.49. The number of carbonyl (C=O) groups is 1. The second kappa shape index (κ2) is 4.61. The summed E-state index contributed by atoms with van der Waals surface area (Å²) in [4.78, 5) is 12.6. The predicted molar refractivity (Wildman–Crippen MR) is 51.7 cm³/mol. The minimum absolute atomic E-state index is 0.293. The molecule has 1 unspecified atom stereocenters. The fourth-order valence-corrected chi connectivity index (χ4v) is 1.62. The predicted octanol–water partition coefficient (Wildman–Crippen LogP) is 1.58. The minimum Gasteiger partial charge on any atom is -0.481 e. The van der Waals surface area contributed by atoms with Gasteiger partial charge in [0.2, 0.25) is 0 Å². The number of hydrogen-bond acceptors (Lipinski definition) is 2. The van der Waals surface area contributed by atoms with E-state index in [9.17, 15) is 4.79 Å². The molecule has 0 aromatic carbocycles. The van der Waals surface area contributed by atoms with Gasteiger partial charge in [-0.25, -0.2) is 0 Å². The van der Waals surface area contributed by atoms with Crippen LogP contribution in [0.1, 0.15) is 32.6 Å². The normalized spacial score (nSPS) is 19.0. The molecule has 0 aromatic heterocycles. The van der Waals surface area contributed by atoms with Crippen molar-refractivity contribution in [3.05, 3.63) is 0 Å². The maximum atomic E-state index is 10.3. The molecule has 76 valence electrons. The highest BCUT2D eigenvalue weighted by Crippen LogP contribution is 2.34. The molecule has 13 heavy (non-hydrogen) atoms. The lowest BCUT2D eigenvalue weighted by Gasteiger charge is -2.24. The molecule has 0 aromatic rings. The van der Waals surface area contributed by atoms with Crippen molar-refractivity contribution in [2.75, 3.05) is 13.6 Å². The molecular weight excluding hydrogens is 166 g/mol. The van der Waals surface area contributed by atoms with E-state index in [-0.39, 0.29) is 0 Å². The van der Waals surface area contributed by atoms with Gasteiger partial charge in [-0.05, 0) is 45.7 Å².